The summed E-state index contributed by atoms with van der Waals surface area (Å²) >= 11 is 0. The highest BCUT2D eigenvalue weighted by Crippen LogP contribution is 2.50. The zero-order valence-electron chi connectivity index (χ0n) is 18.7. The van der Waals surface area contributed by atoms with Crippen LogP contribution in [0.15, 0.2) is 24.8 Å². The molecule has 0 radical (unpaired) electrons. The van der Waals surface area contributed by atoms with Crippen LogP contribution in [0.1, 0.15) is 68.3 Å². The third-order valence-electron chi connectivity index (χ3n) is 6.31. The van der Waals surface area contributed by atoms with Gasteiger partial charge in [-0.25, -0.2) is 0 Å². The number of nitrogens with zero attached hydrogens (tertiary/aromatic N) is 4. The number of ketones is 1. The molecule has 6 nitrogen and oxygen atoms in total. The van der Waals surface area contributed by atoms with E-state index in [0.717, 1.165) is 10.9 Å². The van der Waals surface area contributed by atoms with E-state index in [1.807, 2.05) is 6.92 Å². The van der Waals surface area contributed by atoms with Crippen molar-refractivity contribution in [3.63, 3.8) is 0 Å². The Morgan fingerprint density at radius 1 is 1.23 bits per heavy atom. The Hall–Kier alpha value is -2.07. The Labute approximate surface area is 181 Å². The lowest BCUT2D eigenvalue weighted by molar-refractivity contribution is -0.149. The molecule has 0 saturated heterocycles. The first-order valence-electron chi connectivity index (χ1n) is 10.3. The lowest BCUT2D eigenvalue weighted by atomic mass is 9.77. The molecule has 170 valence electrons. The van der Waals surface area contributed by atoms with E-state index in [4.69, 9.17) is 4.43 Å². The van der Waals surface area contributed by atoms with Crippen molar-refractivity contribution in [3.8, 4) is 0 Å². The summed E-state index contributed by atoms with van der Waals surface area (Å²) in [5.41, 5.74) is -1.61. The van der Waals surface area contributed by atoms with Crippen LogP contribution in [0.2, 0.25) is 18.1 Å². The van der Waals surface area contributed by atoms with Gasteiger partial charge < -0.3 is 4.43 Å². The van der Waals surface area contributed by atoms with Gasteiger partial charge in [-0.15, -0.1) is 0 Å². The molecule has 2 heterocycles. The van der Waals surface area contributed by atoms with Crippen LogP contribution in [0.5, 0.6) is 0 Å². The van der Waals surface area contributed by atoms with Gasteiger partial charge in [0.05, 0.1) is 35.5 Å². The fourth-order valence-corrected chi connectivity index (χ4v) is 5.47. The molecule has 0 aliphatic heterocycles. The van der Waals surface area contributed by atoms with Gasteiger partial charge in [-0.3, -0.25) is 19.4 Å². The van der Waals surface area contributed by atoms with E-state index >= 15 is 0 Å². The van der Waals surface area contributed by atoms with Gasteiger partial charge >= 0.3 is 6.18 Å². The minimum Gasteiger partial charge on any atom is -0.411 e. The first kappa shape index (κ1) is 23.6. The zero-order chi connectivity index (χ0) is 23.2. The summed E-state index contributed by atoms with van der Waals surface area (Å²) in [5.74, 6) is -0.682. The minimum absolute atomic E-state index is 0.00382. The van der Waals surface area contributed by atoms with Gasteiger partial charge in [0.1, 0.15) is 0 Å². The first-order valence-corrected chi connectivity index (χ1v) is 13.2. The molecule has 1 saturated carbocycles. The third-order valence-corrected chi connectivity index (χ3v) is 10.9. The number of rotatable bonds is 6. The van der Waals surface area contributed by atoms with Crippen LogP contribution in [-0.4, -0.2) is 39.5 Å². The van der Waals surface area contributed by atoms with Crippen LogP contribution >= 0.6 is 0 Å². The van der Waals surface area contributed by atoms with Crippen molar-refractivity contribution in [3.05, 3.63) is 41.7 Å². The molecular weight excluding hydrogens is 425 g/mol. The average molecular weight is 455 g/mol. The molecule has 0 aromatic carbocycles. The molecule has 0 amide bonds. The lowest BCUT2D eigenvalue weighted by Gasteiger charge is -2.52. The number of hydrogen-bond donors (Lipinski definition) is 0. The normalized spacial score (nSPS) is 22.3. The maximum atomic E-state index is 13.9. The Morgan fingerprint density at radius 2 is 1.87 bits per heavy atom. The van der Waals surface area contributed by atoms with E-state index < -0.39 is 43.2 Å². The van der Waals surface area contributed by atoms with Crippen LogP contribution in [0.4, 0.5) is 13.2 Å². The molecule has 1 aliphatic carbocycles. The summed E-state index contributed by atoms with van der Waals surface area (Å²) in [6, 6.07) is -0.468. The molecule has 0 bridgehead atoms. The standard InChI is InChI=1S/C21H29F3N4O2Si/c1-19(2,3)31(5,6)30-20(4)10-15(11-20)28-18(21(22,23)24)16(13-27-28)17(29)9-14-12-25-7-8-26-14/h7-8,12-13,15H,9-11H2,1-6H3/t15-,20+. The maximum absolute atomic E-state index is 13.9. The molecular formula is C21H29F3N4O2Si. The molecule has 0 atom stereocenters. The minimum atomic E-state index is -4.70. The number of Topliss-reactive ketones (excluding diaryl/α,β-unsaturated/α-hetero) is 1. The van der Waals surface area contributed by atoms with Crippen LogP contribution in [0, 0.1) is 0 Å². The molecule has 0 spiro atoms. The summed E-state index contributed by atoms with van der Waals surface area (Å²) in [5, 5.41) is 3.98. The van der Waals surface area contributed by atoms with Crippen molar-refractivity contribution in [2.24, 2.45) is 0 Å². The molecule has 2 aromatic rings. The summed E-state index contributed by atoms with van der Waals surface area (Å²) in [6.07, 6.45) is 1.09. The highest BCUT2D eigenvalue weighted by Gasteiger charge is 2.51. The van der Waals surface area contributed by atoms with Crippen molar-refractivity contribution in [2.45, 2.75) is 82.9 Å². The highest BCUT2D eigenvalue weighted by molar-refractivity contribution is 6.74. The Bertz CT molecular complexity index is 946. The molecule has 1 aliphatic rings. The lowest BCUT2D eigenvalue weighted by Crippen LogP contribution is -2.54. The van der Waals surface area contributed by atoms with Crippen LogP contribution in [0.3, 0.4) is 0 Å². The van der Waals surface area contributed by atoms with Crippen LogP contribution in [-0.2, 0) is 17.0 Å². The quantitative estimate of drug-likeness (QED) is 0.441. The highest BCUT2D eigenvalue weighted by atomic mass is 28.4. The van der Waals surface area contributed by atoms with E-state index in [1.165, 1.54) is 18.6 Å². The largest absolute Gasteiger partial charge is 0.433 e. The van der Waals surface area contributed by atoms with Gasteiger partial charge in [0.15, 0.2) is 19.8 Å². The van der Waals surface area contributed by atoms with Gasteiger partial charge in [-0.05, 0) is 37.9 Å². The van der Waals surface area contributed by atoms with Crippen molar-refractivity contribution in [2.75, 3.05) is 0 Å². The number of halogens is 3. The molecule has 2 aromatic heterocycles. The number of alkyl halides is 3. The van der Waals surface area contributed by atoms with E-state index in [0.29, 0.717) is 18.5 Å². The number of carbonyl (C=O) groups excluding carboxylic acids is 1. The smallest absolute Gasteiger partial charge is 0.411 e. The van der Waals surface area contributed by atoms with Crippen molar-refractivity contribution < 1.29 is 22.4 Å². The van der Waals surface area contributed by atoms with Gasteiger partial charge in [-0.2, -0.15) is 18.3 Å². The molecule has 31 heavy (non-hydrogen) atoms. The number of carbonyl (C=O) groups is 1. The summed E-state index contributed by atoms with van der Waals surface area (Å²) in [7, 11) is -2.07. The summed E-state index contributed by atoms with van der Waals surface area (Å²) < 4.78 is 49.2. The van der Waals surface area contributed by atoms with Gasteiger partial charge in [0.2, 0.25) is 0 Å². The predicted octanol–water partition coefficient (Wildman–Crippen LogP) is 5.23. The third kappa shape index (κ3) is 4.90. The zero-order valence-corrected chi connectivity index (χ0v) is 19.7. The second-order valence-corrected chi connectivity index (χ2v) is 14.7. The fourth-order valence-electron chi connectivity index (χ4n) is 3.77. The van der Waals surface area contributed by atoms with Crippen molar-refractivity contribution >= 4 is 14.1 Å². The molecule has 0 unspecified atom stereocenters. The molecule has 0 N–H and O–H groups in total. The number of aromatic nitrogens is 4. The number of hydrogen-bond acceptors (Lipinski definition) is 5. The fraction of sp³-hybridized carbons (Fsp3) is 0.619. The molecule has 1 fully saturated rings. The van der Waals surface area contributed by atoms with Gasteiger partial charge in [0.25, 0.3) is 0 Å². The Morgan fingerprint density at radius 3 is 2.39 bits per heavy atom. The predicted molar refractivity (Wildman–Crippen MR) is 112 cm³/mol. The Balaban J connectivity index is 1.81. The second-order valence-electron chi connectivity index (χ2n) is 10.0. The maximum Gasteiger partial charge on any atom is 0.433 e. The van der Waals surface area contributed by atoms with Gasteiger partial charge in [0, 0.05) is 18.6 Å². The van der Waals surface area contributed by atoms with Crippen LogP contribution < -0.4 is 0 Å². The van der Waals surface area contributed by atoms with Crippen molar-refractivity contribution in [1.82, 2.24) is 19.7 Å². The van der Waals surface area contributed by atoms with E-state index in [-0.39, 0.29) is 11.5 Å². The summed E-state index contributed by atoms with van der Waals surface area (Å²) in [6.45, 7) is 12.6. The second kappa shape index (κ2) is 7.81. The monoisotopic (exact) mass is 454 g/mol. The average Bonchev–Trinajstić information content (AvgIpc) is 3.04. The molecule has 10 heteroatoms. The summed E-state index contributed by atoms with van der Waals surface area (Å²) in [4.78, 5) is 20.4. The van der Waals surface area contributed by atoms with Crippen molar-refractivity contribution in [1.29, 1.82) is 0 Å². The van der Waals surface area contributed by atoms with E-state index in [2.05, 4.69) is 48.9 Å². The van der Waals surface area contributed by atoms with Crippen LogP contribution in [0.25, 0.3) is 0 Å². The topological polar surface area (TPSA) is 69.9 Å². The molecule has 3 rings (SSSR count). The SMILES string of the molecule is CC(C)(C)[Si](C)(C)O[C@]1(C)C[C@H](n2ncc(C(=O)Cc3cnccn3)c2C(F)(F)F)C1. The first-order chi connectivity index (χ1) is 14.1. The van der Waals surface area contributed by atoms with E-state index in [1.54, 1.807) is 0 Å². The Kier molecular flexibility index (Phi) is 5.94. The van der Waals surface area contributed by atoms with E-state index in [9.17, 15) is 18.0 Å². The van der Waals surface area contributed by atoms with Gasteiger partial charge in [-0.1, -0.05) is 20.8 Å².